The summed E-state index contributed by atoms with van der Waals surface area (Å²) >= 11 is 0. The summed E-state index contributed by atoms with van der Waals surface area (Å²) in [5.74, 6) is -1.72. The molecule has 5 rings (SSSR count). The van der Waals surface area contributed by atoms with Crippen molar-refractivity contribution >= 4 is 17.8 Å². The molecule has 1 N–H and O–H groups in total. The van der Waals surface area contributed by atoms with E-state index in [0.717, 1.165) is 12.8 Å². The first-order valence-electron chi connectivity index (χ1n) is 11.2. The van der Waals surface area contributed by atoms with E-state index in [-0.39, 0.29) is 41.6 Å². The Hall–Kier alpha value is -1.63. The molecule has 4 heterocycles. The largest absolute Gasteiger partial charge is 0.461 e. The average molecular weight is 405 g/mol. The van der Waals surface area contributed by atoms with Crippen LogP contribution in [0.5, 0.6) is 0 Å². The van der Waals surface area contributed by atoms with Gasteiger partial charge in [-0.05, 0) is 25.7 Å². The van der Waals surface area contributed by atoms with Crippen LogP contribution in [-0.2, 0) is 23.9 Å². The van der Waals surface area contributed by atoms with Gasteiger partial charge >= 0.3 is 11.9 Å². The Morgan fingerprint density at radius 3 is 2.55 bits per heavy atom. The van der Waals surface area contributed by atoms with Crippen molar-refractivity contribution in [2.24, 2.45) is 29.1 Å². The highest BCUT2D eigenvalue weighted by molar-refractivity contribution is 5.89. The summed E-state index contributed by atoms with van der Waals surface area (Å²) in [6.07, 6.45) is 3.14. The first-order chi connectivity index (χ1) is 13.8. The van der Waals surface area contributed by atoms with Crippen molar-refractivity contribution < 1.29 is 29.0 Å². The van der Waals surface area contributed by atoms with Crippen LogP contribution in [0.2, 0.25) is 0 Å². The van der Waals surface area contributed by atoms with E-state index >= 15 is 0 Å². The SMILES string of the molecule is CC[C@@H]1[C@@H]2OC(=O)[C@@H](C)[C@@H]2[C@@]2(O)C[C@@H]([C@@H]3C[C@H](C)C(=O)O3)N3CCCC[C@]12C3=O. The molecule has 4 saturated heterocycles. The molecule has 7 heteroatoms. The lowest BCUT2D eigenvalue weighted by atomic mass is 9.58. The van der Waals surface area contributed by atoms with Gasteiger partial charge in [0.1, 0.15) is 12.2 Å². The number of amides is 1. The normalized spacial score (nSPS) is 51.4. The number of cyclic esters (lactones) is 1. The summed E-state index contributed by atoms with van der Waals surface area (Å²) in [5, 5.41) is 12.3. The van der Waals surface area contributed by atoms with Crippen LogP contribution in [0.25, 0.3) is 0 Å². The van der Waals surface area contributed by atoms with E-state index in [9.17, 15) is 19.5 Å². The van der Waals surface area contributed by atoms with Crippen LogP contribution in [0.1, 0.15) is 59.3 Å². The zero-order valence-corrected chi connectivity index (χ0v) is 17.4. The zero-order chi connectivity index (χ0) is 20.7. The van der Waals surface area contributed by atoms with Crippen LogP contribution in [0.4, 0.5) is 0 Å². The van der Waals surface area contributed by atoms with Gasteiger partial charge < -0.3 is 19.5 Å². The fourth-order valence-electron chi connectivity index (χ4n) is 7.53. The number of fused-ring (bicyclic) bond motifs is 3. The number of ether oxygens (including phenoxy) is 2. The summed E-state index contributed by atoms with van der Waals surface area (Å²) in [4.78, 5) is 40.4. The van der Waals surface area contributed by atoms with Gasteiger partial charge in [-0.2, -0.15) is 0 Å². The zero-order valence-electron chi connectivity index (χ0n) is 17.4. The van der Waals surface area contributed by atoms with Gasteiger partial charge in [-0.1, -0.05) is 27.2 Å². The lowest BCUT2D eigenvalue weighted by Crippen LogP contribution is -2.69. The van der Waals surface area contributed by atoms with Gasteiger partial charge in [0.05, 0.1) is 28.9 Å². The molecule has 0 aromatic carbocycles. The molecular formula is C22H31NO6. The fourth-order valence-corrected chi connectivity index (χ4v) is 7.53. The summed E-state index contributed by atoms with van der Waals surface area (Å²) in [5.41, 5.74) is -2.22. The van der Waals surface area contributed by atoms with Gasteiger partial charge in [0.25, 0.3) is 0 Å². The molecule has 1 aliphatic carbocycles. The van der Waals surface area contributed by atoms with Crippen LogP contribution in [0, 0.1) is 29.1 Å². The number of piperidine rings is 1. The molecular weight excluding hydrogens is 374 g/mol. The summed E-state index contributed by atoms with van der Waals surface area (Å²) in [7, 11) is 0. The second-order valence-corrected chi connectivity index (χ2v) is 9.97. The van der Waals surface area contributed by atoms with E-state index in [4.69, 9.17) is 9.47 Å². The maximum atomic E-state index is 14.0. The lowest BCUT2D eigenvalue weighted by molar-refractivity contribution is -0.200. The first-order valence-corrected chi connectivity index (χ1v) is 11.2. The predicted octanol–water partition coefficient (Wildman–Crippen LogP) is 1.66. The standard InChI is InChI=1S/C22H31NO6/c1-4-13-17-16(12(3)19(25)29-17)22(27)10-14(15-9-11(2)18(24)28-15)23-8-6-5-7-21(13,22)20(23)26/h11-17,27H,4-10H2,1-3H3/t11-,12-,13+,14-,15-,16-,17-,21+,22-/m0/s1. The lowest BCUT2D eigenvalue weighted by Gasteiger charge is -2.55. The second-order valence-electron chi connectivity index (χ2n) is 9.97. The minimum absolute atomic E-state index is 0.0196. The van der Waals surface area contributed by atoms with Crippen molar-refractivity contribution in [2.45, 2.75) is 83.1 Å². The number of hydrogen-bond donors (Lipinski definition) is 1. The molecule has 5 aliphatic rings. The molecule has 1 amide bonds. The second kappa shape index (κ2) is 6.19. The minimum Gasteiger partial charge on any atom is -0.461 e. The monoisotopic (exact) mass is 405 g/mol. The number of esters is 2. The Labute approximate surface area is 171 Å². The maximum absolute atomic E-state index is 14.0. The minimum atomic E-state index is -1.31. The highest BCUT2D eigenvalue weighted by Gasteiger charge is 2.78. The number of carbonyl (C=O) groups is 3. The van der Waals surface area contributed by atoms with Crippen molar-refractivity contribution in [3.05, 3.63) is 0 Å². The van der Waals surface area contributed by atoms with Gasteiger partial charge in [0.15, 0.2) is 0 Å². The van der Waals surface area contributed by atoms with Gasteiger partial charge in [-0.3, -0.25) is 14.4 Å². The molecule has 29 heavy (non-hydrogen) atoms. The third-order valence-corrected chi connectivity index (χ3v) is 8.78. The quantitative estimate of drug-likeness (QED) is 0.703. The van der Waals surface area contributed by atoms with Crippen molar-refractivity contribution in [3.8, 4) is 0 Å². The number of carbonyl (C=O) groups excluding carboxylic acids is 3. The third kappa shape index (κ3) is 2.20. The molecule has 1 spiro atoms. The number of nitrogens with zero attached hydrogens (tertiary/aromatic N) is 1. The fraction of sp³-hybridized carbons (Fsp3) is 0.864. The van der Waals surface area contributed by atoms with Crippen molar-refractivity contribution in [1.82, 2.24) is 4.90 Å². The molecule has 5 fully saturated rings. The molecule has 4 aliphatic heterocycles. The summed E-state index contributed by atoms with van der Waals surface area (Å²) in [6.45, 7) is 6.31. The Morgan fingerprint density at radius 1 is 1.14 bits per heavy atom. The molecule has 160 valence electrons. The molecule has 0 aromatic heterocycles. The Morgan fingerprint density at radius 2 is 1.90 bits per heavy atom. The van der Waals surface area contributed by atoms with Crippen molar-refractivity contribution in [1.29, 1.82) is 0 Å². The highest BCUT2D eigenvalue weighted by Crippen LogP contribution is 2.67. The van der Waals surface area contributed by atoms with Gasteiger partial charge in [0, 0.05) is 24.8 Å². The molecule has 7 nitrogen and oxygen atoms in total. The van der Waals surface area contributed by atoms with Crippen LogP contribution in [0.3, 0.4) is 0 Å². The highest BCUT2D eigenvalue weighted by atomic mass is 16.6. The van der Waals surface area contributed by atoms with E-state index in [1.54, 1.807) is 0 Å². The third-order valence-electron chi connectivity index (χ3n) is 8.78. The smallest absolute Gasteiger partial charge is 0.309 e. The van der Waals surface area contributed by atoms with E-state index in [1.165, 1.54) is 0 Å². The van der Waals surface area contributed by atoms with E-state index in [1.807, 2.05) is 25.7 Å². The molecule has 0 radical (unpaired) electrons. The average Bonchev–Trinajstić information content (AvgIpc) is 3.19. The van der Waals surface area contributed by atoms with Gasteiger partial charge in [0.2, 0.25) is 5.91 Å². The molecule has 2 bridgehead atoms. The van der Waals surface area contributed by atoms with Crippen LogP contribution in [-0.4, -0.2) is 58.2 Å². The topological polar surface area (TPSA) is 93.1 Å². The van der Waals surface area contributed by atoms with Crippen molar-refractivity contribution in [3.63, 3.8) is 0 Å². The molecule has 0 aromatic rings. The Kier molecular flexibility index (Phi) is 4.13. The van der Waals surface area contributed by atoms with E-state index in [0.29, 0.717) is 32.2 Å². The van der Waals surface area contributed by atoms with Crippen LogP contribution in [0.15, 0.2) is 0 Å². The maximum Gasteiger partial charge on any atom is 0.309 e. The molecule has 0 unspecified atom stereocenters. The van der Waals surface area contributed by atoms with E-state index in [2.05, 4.69) is 0 Å². The number of aliphatic hydroxyl groups is 1. The summed E-state index contributed by atoms with van der Waals surface area (Å²) < 4.78 is 11.4. The predicted molar refractivity (Wildman–Crippen MR) is 101 cm³/mol. The molecule has 9 atom stereocenters. The number of hydrogen-bond acceptors (Lipinski definition) is 6. The Bertz CT molecular complexity index is 768. The van der Waals surface area contributed by atoms with Gasteiger partial charge in [-0.25, -0.2) is 0 Å². The number of rotatable bonds is 2. The molecule has 1 saturated carbocycles. The van der Waals surface area contributed by atoms with E-state index < -0.39 is 29.1 Å². The van der Waals surface area contributed by atoms with Crippen LogP contribution < -0.4 is 0 Å². The summed E-state index contributed by atoms with van der Waals surface area (Å²) in [6, 6.07) is -0.341. The first kappa shape index (κ1) is 19.3. The van der Waals surface area contributed by atoms with Gasteiger partial charge in [-0.15, -0.1) is 0 Å². The van der Waals surface area contributed by atoms with Crippen LogP contribution >= 0.6 is 0 Å². The van der Waals surface area contributed by atoms with Crippen molar-refractivity contribution in [2.75, 3.05) is 6.54 Å². The Balaban J connectivity index is 1.63.